The standard InChI is InChI=1S/C16H21N5O2S/c1-11(2)14(16(22)21-7-9-24(23)10-8-21)12-3-5-13(6-4-12)15-17-19-20-18-15/h3-6,11,14H,7-10H2,1-2H3,(H,17,18,19,20). The minimum absolute atomic E-state index is 0.119. The third-order valence-corrected chi connectivity index (χ3v) is 5.57. The van der Waals surface area contributed by atoms with Crippen molar-refractivity contribution in [2.75, 3.05) is 24.6 Å². The second kappa shape index (κ2) is 7.21. The fourth-order valence-electron chi connectivity index (χ4n) is 2.99. The van der Waals surface area contributed by atoms with Crippen LogP contribution in [-0.4, -0.2) is 60.2 Å². The molecule has 24 heavy (non-hydrogen) atoms. The lowest BCUT2D eigenvalue weighted by atomic mass is 9.86. The zero-order valence-corrected chi connectivity index (χ0v) is 14.6. The number of amides is 1. The Bertz CT molecular complexity index is 705. The van der Waals surface area contributed by atoms with Crippen LogP contribution in [0, 0.1) is 5.92 Å². The smallest absolute Gasteiger partial charge is 0.230 e. The van der Waals surface area contributed by atoms with Gasteiger partial charge in [-0.1, -0.05) is 38.1 Å². The van der Waals surface area contributed by atoms with Crippen LogP contribution in [0.15, 0.2) is 24.3 Å². The number of hydrogen-bond acceptors (Lipinski definition) is 5. The van der Waals surface area contributed by atoms with Gasteiger partial charge in [0, 0.05) is 41.0 Å². The second-order valence-electron chi connectivity index (χ2n) is 6.25. The van der Waals surface area contributed by atoms with Crippen LogP contribution in [-0.2, 0) is 15.6 Å². The molecule has 128 valence electrons. The van der Waals surface area contributed by atoms with E-state index >= 15 is 0 Å². The van der Waals surface area contributed by atoms with Gasteiger partial charge >= 0.3 is 0 Å². The molecule has 2 aromatic rings. The SMILES string of the molecule is CC(C)C(C(=O)N1CCS(=O)CC1)c1ccc(-c2nn[nH]n2)cc1. The Morgan fingerprint density at radius 1 is 1.21 bits per heavy atom. The van der Waals surface area contributed by atoms with Gasteiger partial charge in [-0.05, 0) is 16.7 Å². The molecule has 1 unspecified atom stereocenters. The molecular weight excluding hydrogens is 326 g/mol. The highest BCUT2D eigenvalue weighted by molar-refractivity contribution is 7.85. The summed E-state index contributed by atoms with van der Waals surface area (Å²) in [6, 6.07) is 7.73. The zero-order chi connectivity index (χ0) is 17.1. The molecule has 8 heteroatoms. The van der Waals surface area contributed by atoms with Crippen LogP contribution in [0.4, 0.5) is 0 Å². The normalized spacial score (nSPS) is 17.2. The minimum atomic E-state index is -0.783. The summed E-state index contributed by atoms with van der Waals surface area (Å²) in [6.07, 6.45) is 0. The lowest BCUT2D eigenvalue weighted by Gasteiger charge is -2.32. The summed E-state index contributed by atoms with van der Waals surface area (Å²) in [5, 5.41) is 13.9. The van der Waals surface area contributed by atoms with Gasteiger partial charge in [-0.2, -0.15) is 5.21 Å². The van der Waals surface area contributed by atoms with Crippen LogP contribution in [0.3, 0.4) is 0 Å². The van der Waals surface area contributed by atoms with Crippen LogP contribution in [0.25, 0.3) is 11.4 Å². The van der Waals surface area contributed by atoms with Gasteiger partial charge in [0.25, 0.3) is 0 Å². The molecule has 1 aromatic heterocycles. The van der Waals surface area contributed by atoms with Gasteiger partial charge in [-0.3, -0.25) is 9.00 Å². The molecular formula is C16H21N5O2S. The molecule has 2 heterocycles. The molecule has 1 aliphatic rings. The second-order valence-corrected chi connectivity index (χ2v) is 7.95. The molecule has 3 rings (SSSR count). The van der Waals surface area contributed by atoms with Crippen molar-refractivity contribution in [3.8, 4) is 11.4 Å². The number of carbonyl (C=O) groups is 1. The van der Waals surface area contributed by atoms with E-state index in [4.69, 9.17) is 0 Å². The van der Waals surface area contributed by atoms with Gasteiger partial charge in [-0.25, -0.2) is 0 Å². The van der Waals surface area contributed by atoms with Crippen molar-refractivity contribution >= 4 is 16.7 Å². The van der Waals surface area contributed by atoms with Crippen molar-refractivity contribution in [1.82, 2.24) is 25.5 Å². The molecule has 0 aliphatic carbocycles. The average Bonchev–Trinajstić information content (AvgIpc) is 3.10. The summed E-state index contributed by atoms with van der Waals surface area (Å²) in [5.74, 6) is 1.79. The quantitative estimate of drug-likeness (QED) is 0.897. The van der Waals surface area contributed by atoms with Gasteiger partial charge < -0.3 is 4.90 Å². The zero-order valence-electron chi connectivity index (χ0n) is 13.8. The van der Waals surface area contributed by atoms with Crippen LogP contribution >= 0.6 is 0 Å². The van der Waals surface area contributed by atoms with Crippen LogP contribution in [0.5, 0.6) is 0 Å². The van der Waals surface area contributed by atoms with Crippen molar-refractivity contribution in [2.45, 2.75) is 19.8 Å². The van der Waals surface area contributed by atoms with E-state index in [0.29, 0.717) is 30.4 Å². The lowest BCUT2D eigenvalue weighted by molar-refractivity contribution is -0.133. The van der Waals surface area contributed by atoms with Crippen molar-refractivity contribution in [2.24, 2.45) is 5.92 Å². The first-order valence-corrected chi connectivity index (χ1v) is 9.52. The summed E-state index contributed by atoms with van der Waals surface area (Å²) in [5.41, 5.74) is 1.84. The monoisotopic (exact) mass is 347 g/mol. The lowest BCUT2D eigenvalue weighted by Crippen LogP contribution is -2.44. The first-order chi connectivity index (χ1) is 11.6. The Morgan fingerprint density at radius 2 is 1.88 bits per heavy atom. The number of H-pyrrole nitrogens is 1. The Kier molecular flexibility index (Phi) is 5.03. The maximum absolute atomic E-state index is 12.9. The third-order valence-electron chi connectivity index (χ3n) is 4.30. The van der Waals surface area contributed by atoms with E-state index in [2.05, 4.69) is 34.5 Å². The number of aromatic amines is 1. The Balaban J connectivity index is 1.80. The van der Waals surface area contributed by atoms with E-state index in [1.165, 1.54) is 0 Å². The summed E-state index contributed by atoms with van der Waals surface area (Å²) in [4.78, 5) is 14.8. The molecule has 1 saturated heterocycles. The molecule has 1 amide bonds. The Hall–Kier alpha value is -2.09. The highest BCUT2D eigenvalue weighted by atomic mass is 32.2. The van der Waals surface area contributed by atoms with Crippen LogP contribution in [0.2, 0.25) is 0 Å². The van der Waals surface area contributed by atoms with Crippen LogP contribution in [0.1, 0.15) is 25.3 Å². The molecule has 0 bridgehead atoms. The number of aromatic nitrogens is 4. The topological polar surface area (TPSA) is 91.8 Å². The van der Waals surface area contributed by atoms with Gasteiger partial charge in [-0.15, -0.1) is 10.2 Å². The molecule has 0 saturated carbocycles. The first kappa shape index (κ1) is 16.8. The number of carbonyl (C=O) groups excluding carboxylic acids is 1. The molecule has 1 N–H and O–H groups in total. The maximum Gasteiger partial charge on any atom is 0.230 e. The Morgan fingerprint density at radius 3 is 2.42 bits per heavy atom. The van der Waals surface area contributed by atoms with E-state index in [1.54, 1.807) is 0 Å². The number of nitrogens with zero attached hydrogens (tertiary/aromatic N) is 4. The van der Waals surface area contributed by atoms with Crippen molar-refractivity contribution in [1.29, 1.82) is 0 Å². The number of tetrazole rings is 1. The summed E-state index contributed by atoms with van der Waals surface area (Å²) in [7, 11) is -0.783. The van der Waals surface area contributed by atoms with Crippen LogP contribution < -0.4 is 0 Å². The van der Waals surface area contributed by atoms with Gasteiger partial charge in [0.05, 0.1) is 5.92 Å². The summed E-state index contributed by atoms with van der Waals surface area (Å²) < 4.78 is 11.5. The highest BCUT2D eigenvalue weighted by Gasteiger charge is 2.30. The van der Waals surface area contributed by atoms with E-state index in [0.717, 1.165) is 11.1 Å². The third kappa shape index (κ3) is 3.53. The molecule has 1 aromatic carbocycles. The molecule has 0 radical (unpaired) electrons. The number of nitrogens with one attached hydrogen (secondary N) is 1. The summed E-state index contributed by atoms with van der Waals surface area (Å²) in [6.45, 7) is 5.26. The van der Waals surface area contributed by atoms with Crippen molar-refractivity contribution in [3.05, 3.63) is 29.8 Å². The van der Waals surface area contributed by atoms with Gasteiger partial charge in [0.2, 0.25) is 11.7 Å². The van der Waals surface area contributed by atoms with Crippen molar-refractivity contribution in [3.63, 3.8) is 0 Å². The first-order valence-electron chi connectivity index (χ1n) is 8.04. The predicted molar refractivity (Wildman–Crippen MR) is 91.6 cm³/mol. The van der Waals surface area contributed by atoms with E-state index < -0.39 is 10.8 Å². The molecule has 7 nitrogen and oxygen atoms in total. The number of hydrogen-bond donors (Lipinski definition) is 1. The average molecular weight is 347 g/mol. The maximum atomic E-state index is 12.9. The van der Waals surface area contributed by atoms with E-state index in [9.17, 15) is 9.00 Å². The molecule has 1 fully saturated rings. The predicted octanol–water partition coefficient (Wildman–Crippen LogP) is 1.20. The summed E-state index contributed by atoms with van der Waals surface area (Å²) >= 11 is 0. The Labute approximate surface area is 143 Å². The fourth-order valence-corrected chi connectivity index (χ4v) is 4.04. The number of rotatable bonds is 4. The largest absolute Gasteiger partial charge is 0.340 e. The molecule has 1 aliphatic heterocycles. The number of benzene rings is 1. The van der Waals surface area contributed by atoms with Gasteiger partial charge in [0.1, 0.15) is 0 Å². The fraction of sp³-hybridized carbons (Fsp3) is 0.500. The minimum Gasteiger partial charge on any atom is -0.340 e. The molecule has 0 spiro atoms. The highest BCUT2D eigenvalue weighted by Crippen LogP contribution is 2.28. The van der Waals surface area contributed by atoms with Gasteiger partial charge in [0.15, 0.2) is 0 Å². The van der Waals surface area contributed by atoms with E-state index in [1.807, 2.05) is 29.2 Å². The van der Waals surface area contributed by atoms with E-state index in [-0.39, 0.29) is 17.7 Å². The van der Waals surface area contributed by atoms with Crippen molar-refractivity contribution < 1.29 is 9.00 Å². The molecule has 1 atom stereocenters.